The van der Waals surface area contributed by atoms with E-state index in [1.54, 1.807) is 36.4 Å². The zero-order chi connectivity index (χ0) is 24.5. The highest BCUT2D eigenvalue weighted by atomic mass is 19.4. The summed E-state index contributed by atoms with van der Waals surface area (Å²) in [5, 5.41) is 2.04. The van der Waals surface area contributed by atoms with E-state index in [9.17, 15) is 18.0 Å². The lowest BCUT2D eigenvalue weighted by Crippen LogP contribution is -2.61. The molecule has 1 aliphatic rings. The van der Waals surface area contributed by atoms with Crippen LogP contribution in [0.4, 0.5) is 13.2 Å². The number of aromatic nitrogens is 2. The second kappa shape index (κ2) is 9.27. The molecule has 3 aromatic rings. The molecule has 4 rings (SSSR count). The molecule has 1 aliphatic heterocycles. The van der Waals surface area contributed by atoms with Crippen LogP contribution in [0.25, 0.3) is 11.0 Å². The topological polar surface area (TPSA) is 68.6 Å². The fraction of sp³-hybridized carbons (Fsp3) is 0.417. The number of ether oxygens (including phenoxy) is 2. The SMILES string of the molecule is COc1nc2cc(C3CCCN(C)C3)ccc2n1C(NC(=O)c1ccccc1)(OC)C(F)(F)F. The van der Waals surface area contributed by atoms with Crippen molar-refractivity contribution >= 4 is 16.9 Å². The number of carbonyl (C=O) groups excluding carboxylic acids is 1. The highest BCUT2D eigenvalue weighted by Crippen LogP contribution is 2.41. The zero-order valence-corrected chi connectivity index (χ0v) is 19.2. The number of amides is 1. The number of alkyl halides is 3. The Balaban J connectivity index is 1.83. The number of likely N-dealkylation sites (tertiary alicyclic amines) is 1. The molecular formula is C24H27F3N4O3. The van der Waals surface area contributed by atoms with Crippen LogP contribution in [0.3, 0.4) is 0 Å². The monoisotopic (exact) mass is 476 g/mol. The summed E-state index contributed by atoms with van der Waals surface area (Å²) in [6.45, 7) is 1.88. The van der Waals surface area contributed by atoms with Crippen LogP contribution in [-0.4, -0.2) is 60.9 Å². The van der Waals surface area contributed by atoms with Gasteiger partial charge in [-0.1, -0.05) is 24.3 Å². The molecule has 2 unspecified atom stereocenters. The summed E-state index contributed by atoms with van der Waals surface area (Å²) in [6.07, 6.45) is -3.01. The second-order valence-corrected chi connectivity index (χ2v) is 8.45. The average molecular weight is 476 g/mol. The first kappa shape index (κ1) is 24.0. The Morgan fingerprint density at radius 2 is 1.88 bits per heavy atom. The minimum Gasteiger partial charge on any atom is -0.468 e. The molecule has 34 heavy (non-hydrogen) atoms. The molecule has 2 atom stereocenters. The quantitative estimate of drug-likeness (QED) is 0.543. The normalized spacial score (nSPS) is 19.1. The van der Waals surface area contributed by atoms with E-state index in [1.165, 1.54) is 19.2 Å². The van der Waals surface area contributed by atoms with E-state index in [0.717, 1.165) is 43.2 Å². The summed E-state index contributed by atoms with van der Waals surface area (Å²) in [5.41, 5.74) is 1.49. The predicted molar refractivity (Wildman–Crippen MR) is 121 cm³/mol. The fourth-order valence-corrected chi connectivity index (χ4v) is 4.54. The first-order chi connectivity index (χ1) is 16.2. The fourth-order valence-electron chi connectivity index (χ4n) is 4.54. The van der Waals surface area contributed by atoms with E-state index >= 15 is 0 Å². The number of fused-ring (bicyclic) bond motifs is 1. The van der Waals surface area contributed by atoms with Crippen LogP contribution in [0, 0.1) is 0 Å². The molecule has 1 saturated heterocycles. The van der Waals surface area contributed by atoms with Crippen LogP contribution in [-0.2, 0) is 10.6 Å². The summed E-state index contributed by atoms with van der Waals surface area (Å²) < 4.78 is 54.9. The van der Waals surface area contributed by atoms with Crippen LogP contribution in [0.2, 0.25) is 0 Å². The van der Waals surface area contributed by atoms with Crippen LogP contribution in [0.15, 0.2) is 48.5 Å². The van der Waals surface area contributed by atoms with Gasteiger partial charge in [0.1, 0.15) is 0 Å². The largest absolute Gasteiger partial charge is 0.468 e. The summed E-state index contributed by atoms with van der Waals surface area (Å²) in [5.74, 6) is -3.94. The number of halogens is 3. The van der Waals surface area contributed by atoms with Crippen molar-refractivity contribution in [1.29, 1.82) is 0 Å². The summed E-state index contributed by atoms with van der Waals surface area (Å²) >= 11 is 0. The van der Waals surface area contributed by atoms with Crippen LogP contribution >= 0.6 is 0 Å². The van der Waals surface area contributed by atoms with Crippen molar-refractivity contribution in [2.75, 3.05) is 34.4 Å². The van der Waals surface area contributed by atoms with E-state index in [0.29, 0.717) is 5.52 Å². The Labute approximate surface area is 195 Å². The number of imidazole rings is 1. The van der Waals surface area contributed by atoms with Gasteiger partial charge in [0.05, 0.1) is 18.1 Å². The molecule has 1 aromatic heterocycles. The van der Waals surface area contributed by atoms with Crippen molar-refractivity contribution < 1.29 is 27.4 Å². The van der Waals surface area contributed by atoms with E-state index in [-0.39, 0.29) is 23.0 Å². The van der Waals surface area contributed by atoms with Gasteiger partial charge >= 0.3 is 18.0 Å². The molecule has 7 nitrogen and oxygen atoms in total. The smallest absolute Gasteiger partial charge is 0.459 e. The molecule has 1 amide bonds. The molecule has 2 heterocycles. The lowest BCUT2D eigenvalue weighted by atomic mass is 9.90. The molecular weight excluding hydrogens is 449 g/mol. The van der Waals surface area contributed by atoms with Gasteiger partial charge in [-0.25, -0.2) is 4.57 Å². The molecule has 1 fully saturated rings. The number of nitrogens with zero attached hydrogens (tertiary/aromatic N) is 3. The van der Waals surface area contributed by atoms with Crippen molar-refractivity contribution in [1.82, 2.24) is 19.8 Å². The first-order valence-electron chi connectivity index (χ1n) is 10.9. The third-order valence-electron chi connectivity index (χ3n) is 6.24. The molecule has 0 aliphatic carbocycles. The van der Waals surface area contributed by atoms with Gasteiger partial charge in [-0.05, 0) is 62.2 Å². The van der Waals surface area contributed by atoms with Gasteiger partial charge < -0.3 is 14.4 Å². The number of carbonyl (C=O) groups is 1. The van der Waals surface area contributed by atoms with Crippen LogP contribution < -0.4 is 10.1 Å². The number of rotatable bonds is 6. The number of hydrogen-bond donors (Lipinski definition) is 1. The molecule has 0 radical (unpaired) electrons. The lowest BCUT2D eigenvalue weighted by Gasteiger charge is -2.36. The summed E-state index contributed by atoms with van der Waals surface area (Å²) in [7, 11) is 4.16. The Hall–Kier alpha value is -3.11. The summed E-state index contributed by atoms with van der Waals surface area (Å²) in [6, 6.07) is 12.5. The number of hydrogen-bond acceptors (Lipinski definition) is 5. The number of likely N-dealkylation sites (N-methyl/N-ethyl adjacent to an activating group) is 1. The van der Waals surface area contributed by atoms with Crippen molar-refractivity contribution in [2.24, 2.45) is 0 Å². The van der Waals surface area contributed by atoms with Crippen LogP contribution in [0.1, 0.15) is 34.7 Å². The molecule has 1 N–H and O–H groups in total. The van der Waals surface area contributed by atoms with Crippen LogP contribution in [0.5, 0.6) is 6.01 Å². The molecule has 0 saturated carbocycles. The van der Waals surface area contributed by atoms with Gasteiger partial charge in [0.25, 0.3) is 5.91 Å². The number of piperidine rings is 1. The average Bonchev–Trinajstić information content (AvgIpc) is 3.20. The molecule has 10 heteroatoms. The maximum Gasteiger partial charge on any atom is 0.459 e. The maximum atomic E-state index is 14.6. The van der Waals surface area contributed by atoms with Crippen molar-refractivity contribution in [3.05, 3.63) is 59.7 Å². The van der Waals surface area contributed by atoms with Gasteiger partial charge in [0, 0.05) is 19.2 Å². The third kappa shape index (κ3) is 4.23. The first-order valence-corrected chi connectivity index (χ1v) is 10.9. The van der Waals surface area contributed by atoms with E-state index in [2.05, 4.69) is 9.88 Å². The van der Waals surface area contributed by atoms with Gasteiger partial charge in [-0.15, -0.1) is 0 Å². The third-order valence-corrected chi connectivity index (χ3v) is 6.24. The lowest BCUT2D eigenvalue weighted by molar-refractivity contribution is -0.317. The van der Waals surface area contributed by atoms with Gasteiger partial charge in [-0.3, -0.25) is 10.1 Å². The standard InChI is InChI=1S/C24H27F3N4O3/c1-30-13-7-10-18(15-30)17-11-12-20-19(14-17)28-22(33-2)31(20)24(34-3,23(25,26)27)29-21(32)16-8-5-4-6-9-16/h4-6,8-9,11-12,14,18H,7,10,13,15H2,1-3H3,(H,29,32). The van der Waals surface area contributed by atoms with Crippen molar-refractivity contribution in [3.8, 4) is 6.01 Å². The maximum absolute atomic E-state index is 14.6. The minimum absolute atomic E-state index is 0.0558. The second-order valence-electron chi connectivity index (χ2n) is 8.45. The molecule has 0 spiro atoms. The predicted octanol–water partition coefficient (Wildman–Crippen LogP) is 4.10. The molecule has 0 bridgehead atoms. The van der Waals surface area contributed by atoms with Crippen molar-refractivity contribution in [2.45, 2.75) is 30.8 Å². The Morgan fingerprint density at radius 3 is 2.50 bits per heavy atom. The van der Waals surface area contributed by atoms with E-state index in [1.807, 2.05) is 12.4 Å². The van der Waals surface area contributed by atoms with Crippen molar-refractivity contribution in [3.63, 3.8) is 0 Å². The highest BCUT2D eigenvalue weighted by molar-refractivity contribution is 5.94. The molecule has 182 valence electrons. The summed E-state index contributed by atoms with van der Waals surface area (Å²) in [4.78, 5) is 19.4. The van der Waals surface area contributed by atoms with E-state index < -0.39 is 17.9 Å². The van der Waals surface area contributed by atoms with Gasteiger partial charge in [0.2, 0.25) is 0 Å². The van der Waals surface area contributed by atoms with E-state index in [4.69, 9.17) is 9.47 Å². The zero-order valence-electron chi connectivity index (χ0n) is 19.2. The molecule has 2 aromatic carbocycles. The Morgan fingerprint density at radius 1 is 1.15 bits per heavy atom. The number of methoxy groups -OCH3 is 2. The number of nitrogens with one attached hydrogen (secondary N) is 1. The minimum atomic E-state index is -5.04. The Kier molecular flexibility index (Phi) is 6.55. The Bertz CT molecular complexity index is 1170. The number of benzene rings is 2. The highest BCUT2D eigenvalue weighted by Gasteiger charge is 2.61. The van der Waals surface area contributed by atoms with Gasteiger partial charge in [-0.2, -0.15) is 18.2 Å². The van der Waals surface area contributed by atoms with Gasteiger partial charge in [0.15, 0.2) is 0 Å².